The van der Waals surface area contributed by atoms with Crippen molar-refractivity contribution in [1.82, 2.24) is 0 Å². The van der Waals surface area contributed by atoms with E-state index in [1.807, 2.05) is 12.1 Å². The summed E-state index contributed by atoms with van der Waals surface area (Å²) >= 11 is 14.2. The van der Waals surface area contributed by atoms with Crippen LogP contribution >= 0.6 is 45.8 Å². The lowest BCUT2D eigenvalue weighted by Gasteiger charge is -2.11. The Hall–Kier alpha value is 0.490. The molecular weight excluding hydrogens is 334 g/mol. The molecule has 2 rings (SSSR count). The second-order valence-electron chi connectivity index (χ2n) is 3.30. The fourth-order valence-electron chi connectivity index (χ4n) is 1.60. The number of halogens is 3. The lowest BCUT2D eigenvalue weighted by atomic mass is 10.1. The average molecular weight is 343 g/mol. The lowest BCUT2D eigenvalue weighted by molar-refractivity contribution is 0.112. The summed E-state index contributed by atoms with van der Waals surface area (Å²) < 4.78 is 6.48. The van der Waals surface area contributed by atoms with Gasteiger partial charge in [-0.25, -0.2) is 0 Å². The Balaban J connectivity index is 2.34. The largest absolute Gasteiger partial charge is 0.374 e. The van der Waals surface area contributed by atoms with Crippen LogP contribution in [0.15, 0.2) is 12.1 Å². The maximum atomic E-state index is 6.05. The summed E-state index contributed by atoms with van der Waals surface area (Å²) in [5.74, 6) is 0. The molecule has 1 atom stereocenters. The van der Waals surface area contributed by atoms with Crippen LogP contribution in [0.5, 0.6) is 0 Å². The maximum absolute atomic E-state index is 6.05. The van der Waals surface area contributed by atoms with Gasteiger partial charge >= 0.3 is 0 Å². The summed E-state index contributed by atoms with van der Waals surface area (Å²) in [6.45, 7) is 0.839. The molecule has 0 saturated carbocycles. The van der Waals surface area contributed by atoms with Crippen LogP contribution < -0.4 is 0 Å². The molecule has 4 heteroatoms. The van der Waals surface area contributed by atoms with Crippen molar-refractivity contribution in [3.8, 4) is 0 Å². The number of ether oxygens (including phenoxy) is 1. The fraction of sp³-hybridized carbons (Fsp3) is 0.400. The molecule has 1 unspecified atom stereocenters. The Morgan fingerprint density at radius 1 is 1.29 bits per heavy atom. The molecule has 1 aromatic carbocycles. The Bertz CT molecular complexity index is 325. The minimum absolute atomic E-state index is 0.182. The summed E-state index contributed by atoms with van der Waals surface area (Å²) in [6, 6.07) is 3.90. The molecule has 14 heavy (non-hydrogen) atoms. The fourth-order valence-corrected chi connectivity index (χ4v) is 2.42. The monoisotopic (exact) mass is 342 g/mol. The smallest absolute Gasteiger partial charge is 0.0826 e. The summed E-state index contributed by atoms with van der Waals surface area (Å²) in [4.78, 5) is 0. The van der Waals surface area contributed by atoms with Gasteiger partial charge in [0.05, 0.1) is 19.7 Å². The van der Waals surface area contributed by atoms with Gasteiger partial charge in [-0.05, 0) is 53.1 Å². The highest BCUT2D eigenvalue weighted by Gasteiger charge is 2.19. The van der Waals surface area contributed by atoms with Crippen LogP contribution in [0.25, 0.3) is 0 Å². The van der Waals surface area contributed by atoms with Crippen LogP contribution in [-0.2, 0) is 4.74 Å². The SMILES string of the molecule is Clc1cc(C2CCCO2)cc(Cl)c1I. The molecule has 0 aromatic heterocycles. The van der Waals surface area contributed by atoms with Crippen LogP contribution in [0.4, 0.5) is 0 Å². The number of hydrogen-bond donors (Lipinski definition) is 0. The third-order valence-electron chi connectivity index (χ3n) is 2.31. The van der Waals surface area contributed by atoms with Crippen molar-refractivity contribution in [2.24, 2.45) is 0 Å². The van der Waals surface area contributed by atoms with Crippen molar-refractivity contribution in [3.63, 3.8) is 0 Å². The first-order valence-corrected chi connectivity index (χ1v) is 6.28. The van der Waals surface area contributed by atoms with Gasteiger partial charge in [-0.3, -0.25) is 0 Å². The molecule has 0 bridgehead atoms. The maximum Gasteiger partial charge on any atom is 0.0826 e. The summed E-state index contributed by atoms with van der Waals surface area (Å²) in [6.07, 6.45) is 2.36. The molecule has 0 amide bonds. The predicted molar refractivity (Wildman–Crippen MR) is 67.1 cm³/mol. The third-order valence-corrected chi connectivity index (χ3v) is 4.70. The Labute approximate surface area is 107 Å². The van der Waals surface area contributed by atoms with E-state index in [9.17, 15) is 0 Å². The topological polar surface area (TPSA) is 9.23 Å². The molecule has 1 nitrogen and oxygen atoms in total. The Morgan fingerprint density at radius 3 is 2.43 bits per heavy atom. The van der Waals surface area contributed by atoms with Gasteiger partial charge in [-0.1, -0.05) is 23.2 Å². The van der Waals surface area contributed by atoms with E-state index in [2.05, 4.69) is 22.6 Å². The van der Waals surface area contributed by atoms with Gasteiger partial charge in [0, 0.05) is 6.61 Å². The average Bonchev–Trinajstić information content (AvgIpc) is 2.66. The Morgan fingerprint density at radius 2 is 1.93 bits per heavy atom. The van der Waals surface area contributed by atoms with E-state index in [0.717, 1.165) is 28.6 Å². The van der Waals surface area contributed by atoms with Gasteiger partial charge in [-0.15, -0.1) is 0 Å². The molecule has 1 fully saturated rings. The highest BCUT2D eigenvalue weighted by molar-refractivity contribution is 14.1. The summed E-state index contributed by atoms with van der Waals surface area (Å²) in [5.41, 5.74) is 1.10. The predicted octanol–water partition coefficient (Wildman–Crippen LogP) is 4.45. The van der Waals surface area contributed by atoms with Gasteiger partial charge in [0.15, 0.2) is 0 Å². The Kier molecular flexibility index (Phi) is 3.58. The van der Waals surface area contributed by atoms with E-state index < -0.39 is 0 Å². The number of rotatable bonds is 1. The molecule has 0 spiro atoms. The first kappa shape index (κ1) is 11.0. The second kappa shape index (κ2) is 4.56. The molecule has 1 aliphatic rings. The van der Waals surface area contributed by atoms with Crippen molar-refractivity contribution in [2.75, 3.05) is 6.61 Å². The van der Waals surface area contributed by atoms with Crippen molar-refractivity contribution in [1.29, 1.82) is 0 Å². The molecule has 0 aliphatic carbocycles. The molecule has 76 valence electrons. The van der Waals surface area contributed by atoms with Gasteiger partial charge in [-0.2, -0.15) is 0 Å². The van der Waals surface area contributed by atoms with Crippen LogP contribution in [0.1, 0.15) is 24.5 Å². The van der Waals surface area contributed by atoms with Crippen LogP contribution in [-0.4, -0.2) is 6.61 Å². The first-order chi connectivity index (χ1) is 6.68. The minimum atomic E-state index is 0.182. The molecule has 0 N–H and O–H groups in total. The molecule has 1 aromatic rings. The van der Waals surface area contributed by atoms with E-state index in [0.29, 0.717) is 10.0 Å². The molecule has 1 saturated heterocycles. The zero-order valence-corrected chi connectivity index (χ0v) is 11.1. The molecular formula is C10H9Cl2IO. The van der Waals surface area contributed by atoms with Crippen LogP contribution in [0, 0.1) is 3.57 Å². The van der Waals surface area contributed by atoms with E-state index in [1.54, 1.807) is 0 Å². The van der Waals surface area contributed by atoms with Crippen molar-refractivity contribution < 1.29 is 4.74 Å². The summed E-state index contributed by atoms with van der Waals surface area (Å²) in [7, 11) is 0. The standard InChI is InChI=1S/C10H9Cl2IO/c11-7-4-6(5-8(12)10(7)13)9-2-1-3-14-9/h4-5,9H,1-3H2. The van der Waals surface area contributed by atoms with E-state index in [4.69, 9.17) is 27.9 Å². The van der Waals surface area contributed by atoms with Gasteiger partial charge in [0.1, 0.15) is 0 Å². The normalized spacial score (nSPS) is 21.5. The lowest BCUT2D eigenvalue weighted by Crippen LogP contribution is -1.96. The quantitative estimate of drug-likeness (QED) is 0.541. The zero-order chi connectivity index (χ0) is 10.1. The third kappa shape index (κ3) is 2.18. The number of benzene rings is 1. The zero-order valence-electron chi connectivity index (χ0n) is 7.40. The van der Waals surface area contributed by atoms with Crippen LogP contribution in [0.3, 0.4) is 0 Å². The number of hydrogen-bond acceptors (Lipinski definition) is 1. The second-order valence-corrected chi connectivity index (χ2v) is 5.19. The van der Waals surface area contributed by atoms with Gasteiger partial charge in [0.25, 0.3) is 0 Å². The van der Waals surface area contributed by atoms with Crippen molar-refractivity contribution in [2.45, 2.75) is 18.9 Å². The van der Waals surface area contributed by atoms with Crippen molar-refractivity contribution in [3.05, 3.63) is 31.3 Å². The van der Waals surface area contributed by atoms with E-state index in [1.165, 1.54) is 0 Å². The van der Waals surface area contributed by atoms with E-state index in [-0.39, 0.29) is 6.10 Å². The molecule has 0 radical (unpaired) electrons. The van der Waals surface area contributed by atoms with Gasteiger partial charge < -0.3 is 4.74 Å². The highest BCUT2D eigenvalue weighted by Crippen LogP contribution is 2.35. The minimum Gasteiger partial charge on any atom is -0.374 e. The molecule has 1 aliphatic heterocycles. The van der Waals surface area contributed by atoms with Crippen molar-refractivity contribution >= 4 is 45.8 Å². The first-order valence-electron chi connectivity index (χ1n) is 4.44. The van der Waals surface area contributed by atoms with E-state index >= 15 is 0 Å². The highest BCUT2D eigenvalue weighted by atomic mass is 127. The molecule has 1 heterocycles. The summed E-state index contributed by atoms with van der Waals surface area (Å²) in [5, 5.41) is 1.42. The van der Waals surface area contributed by atoms with Gasteiger partial charge in [0.2, 0.25) is 0 Å². The van der Waals surface area contributed by atoms with Crippen LogP contribution in [0.2, 0.25) is 10.0 Å².